The van der Waals surface area contributed by atoms with E-state index >= 15 is 0 Å². The predicted molar refractivity (Wildman–Crippen MR) is 104 cm³/mol. The van der Waals surface area contributed by atoms with Gasteiger partial charge < -0.3 is 14.6 Å². The second kappa shape index (κ2) is 8.30. The monoisotopic (exact) mass is 432 g/mol. The molecule has 1 saturated heterocycles. The summed E-state index contributed by atoms with van der Waals surface area (Å²) in [7, 11) is -4.06. The minimum absolute atomic E-state index is 0.0178. The summed E-state index contributed by atoms with van der Waals surface area (Å²) in [6.07, 6.45) is 3.16. The van der Waals surface area contributed by atoms with Crippen LogP contribution in [0.25, 0.3) is 11.3 Å². The fraction of sp³-hybridized carbons (Fsp3) is 0.211. The van der Waals surface area contributed by atoms with Crippen LogP contribution in [-0.2, 0) is 14.8 Å². The number of morpholine rings is 1. The fourth-order valence-electron chi connectivity index (χ4n) is 2.93. The van der Waals surface area contributed by atoms with Crippen LogP contribution in [0.4, 0.5) is 10.1 Å². The van der Waals surface area contributed by atoms with Crippen molar-refractivity contribution in [3.8, 4) is 11.3 Å². The molecule has 1 aliphatic heterocycles. The van der Waals surface area contributed by atoms with Crippen LogP contribution in [0.2, 0.25) is 0 Å². The number of rotatable bonds is 5. The molecule has 1 aliphatic rings. The molecule has 0 radical (unpaired) electrons. The third-order valence-corrected chi connectivity index (χ3v) is 6.38. The average Bonchev–Trinajstić information content (AvgIpc) is 3.27. The van der Waals surface area contributed by atoms with Crippen molar-refractivity contribution in [2.75, 3.05) is 31.6 Å². The molecule has 0 saturated carbocycles. The molecular weight excluding hydrogens is 415 g/mol. The highest BCUT2D eigenvalue weighted by molar-refractivity contribution is 7.89. The molecule has 156 valence electrons. The molecule has 0 atom stereocenters. The highest BCUT2D eigenvalue weighted by Crippen LogP contribution is 2.25. The minimum atomic E-state index is -4.06. The summed E-state index contributed by atoms with van der Waals surface area (Å²) in [4.78, 5) is 15.9. The Kier molecular flexibility index (Phi) is 5.57. The van der Waals surface area contributed by atoms with E-state index in [4.69, 9.17) is 9.26 Å². The van der Waals surface area contributed by atoms with Gasteiger partial charge in [0.05, 0.1) is 13.2 Å². The molecular formula is C19H17FN4O5S. The van der Waals surface area contributed by atoms with Crippen molar-refractivity contribution >= 4 is 21.6 Å². The van der Waals surface area contributed by atoms with Crippen molar-refractivity contribution < 1.29 is 26.9 Å². The third-order valence-electron chi connectivity index (χ3n) is 4.47. The SMILES string of the molecule is O=C(Nc1ccc(F)c(S(=O)(=O)N2CCOCC2)c1)c1cc(-c2cccnc2)on1. The summed E-state index contributed by atoms with van der Waals surface area (Å²) in [5.74, 6) is -1.18. The second-order valence-corrected chi connectivity index (χ2v) is 8.34. The Labute approximate surface area is 171 Å². The van der Waals surface area contributed by atoms with Crippen molar-refractivity contribution in [2.45, 2.75) is 4.90 Å². The summed E-state index contributed by atoms with van der Waals surface area (Å²) < 4.78 is 51.3. The van der Waals surface area contributed by atoms with Crippen LogP contribution in [0.5, 0.6) is 0 Å². The van der Waals surface area contributed by atoms with E-state index in [1.54, 1.807) is 24.5 Å². The van der Waals surface area contributed by atoms with E-state index < -0.39 is 26.6 Å². The van der Waals surface area contributed by atoms with Gasteiger partial charge in [0.2, 0.25) is 10.0 Å². The zero-order valence-corrected chi connectivity index (χ0v) is 16.4. The third kappa shape index (κ3) is 4.08. The maximum absolute atomic E-state index is 14.3. The lowest BCUT2D eigenvalue weighted by Crippen LogP contribution is -2.40. The van der Waals surface area contributed by atoms with Crippen LogP contribution >= 0.6 is 0 Å². The summed E-state index contributed by atoms with van der Waals surface area (Å²) in [5, 5.41) is 6.24. The van der Waals surface area contributed by atoms with Gasteiger partial charge in [-0.2, -0.15) is 4.31 Å². The van der Waals surface area contributed by atoms with E-state index in [-0.39, 0.29) is 37.7 Å². The number of carbonyl (C=O) groups is 1. The first kappa shape index (κ1) is 20.1. The Hall–Kier alpha value is -3.15. The number of aromatic nitrogens is 2. The first-order valence-electron chi connectivity index (χ1n) is 9.01. The molecule has 3 aromatic rings. The summed E-state index contributed by atoms with van der Waals surface area (Å²) in [5.41, 5.74) is 0.736. The Morgan fingerprint density at radius 1 is 1.17 bits per heavy atom. The van der Waals surface area contributed by atoms with Gasteiger partial charge in [-0.25, -0.2) is 12.8 Å². The zero-order chi connectivity index (χ0) is 21.1. The van der Waals surface area contributed by atoms with Crippen LogP contribution in [0.3, 0.4) is 0 Å². The summed E-state index contributed by atoms with van der Waals surface area (Å²) in [6.45, 7) is 0.744. The number of ether oxygens (including phenoxy) is 1. The molecule has 1 N–H and O–H groups in total. The molecule has 0 spiro atoms. The molecule has 4 rings (SSSR count). The van der Waals surface area contributed by atoms with Gasteiger partial charge in [0.25, 0.3) is 5.91 Å². The number of amides is 1. The number of sulfonamides is 1. The lowest BCUT2D eigenvalue weighted by atomic mass is 10.2. The maximum atomic E-state index is 14.3. The van der Waals surface area contributed by atoms with E-state index in [1.165, 1.54) is 12.1 Å². The Morgan fingerprint density at radius 2 is 1.97 bits per heavy atom. The molecule has 0 unspecified atom stereocenters. The summed E-state index contributed by atoms with van der Waals surface area (Å²) in [6, 6.07) is 8.24. The maximum Gasteiger partial charge on any atom is 0.277 e. The molecule has 1 fully saturated rings. The summed E-state index contributed by atoms with van der Waals surface area (Å²) >= 11 is 0. The Morgan fingerprint density at radius 3 is 2.70 bits per heavy atom. The highest BCUT2D eigenvalue weighted by Gasteiger charge is 2.29. The van der Waals surface area contributed by atoms with E-state index in [0.717, 1.165) is 16.4 Å². The molecule has 3 heterocycles. The smallest absolute Gasteiger partial charge is 0.277 e. The van der Waals surface area contributed by atoms with Crippen LogP contribution in [-0.4, -0.2) is 55.1 Å². The fourth-order valence-corrected chi connectivity index (χ4v) is 4.43. The largest absolute Gasteiger partial charge is 0.379 e. The van der Waals surface area contributed by atoms with Crippen molar-refractivity contribution in [1.82, 2.24) is 14.4 Å². The van der Waals surface area contributed by atoms with Gasteiger partial charge in [-0.05, 0) is 30.3 Å². The number of carbonyl (C=O) groups excluding carboxylic acids is 1. The topological polar surface area (TPSA) is 115 Å². The average molecular weight is 432 g/mol. The Balaban J connectivity index is 1.55. The van der Waals surface area contributed by atoms with E-state index in [1.807, 2.05) is 0 Å². The van der Waals surface area contributed by atoms with Crippen LogP contribution in [0, 0.1) is 5.82 Å². The number of benzene rings is 1. The van der Waals surface area contributed by atoms with Crippen molar-refractivity contribution in [3.63, 3.8) is 0 Å². The van der Waals surface area contributed by atoms with Crippen LogP contribution in [0.1, 0.15) is 10.5 Å². The first-order valence-corrected chi connectivity index (χ1v) is 10.4. The quantitative estimate of drug-likeness (QED) is 0.657. The molecule has 0 bridgehead atoms. The van der Waals surface area contributed by atoms with E-state index in [9.17, 15) is 17.6 Å². The minimum Gasteiger partial charge on any atom is -0.379 e. The van der Waals surface area contributed by atoms with E-state index in [2.05, 4.69) is 15.5 Å². The lowest BCUT2D eigenvalue weighted by Gasteiger charge is -2.26. The van der Waals surface area contributed by atoms with Gasteiger partial charge >= 0.3 is 0 Å². The standard InChI is InChI=1S/C19H17FN4O5S/c20-15-4-3-14(10-18(15)30(26,27)24-6-8-28-9-7-24)22-19(25)16-11-17(29-23-16)13-2-1-5-21-12-13/h1-5,10-12H,6-9H2,(H,22,25). The molecule has 9 nitrogen and oxygen atoms in total. The lowest BCUT2D eigenvalue weighted by molar-refractivity contribution is 0.0729. The number of hydrogen-bond acceptors (Lipinski definition) is 7. The molecule has 0 aliphatic carbocycles. The highest BCUT2D eigenvalue weighted by atomic mass is 32.2. The van der Waals surface area contributed by atoms with Gasteiger partial charge in [0.15, 0.2) is 11.5 Å². The molecule has 30 heavy (non-hydrogen) atoms. The number of nitrogens with one attached hydrogen (secondary N) is 1. The number of nitrogens with zero attached hydrogens (tertiary/aromatic N) is 3. The molecule has 1 aromatic carbocycles. The van der Waals surface area contributed by atoms with Gasteiger partial charge in [-0.1, -0.05) is 5.16 Å². The second-order valence-electron chi connectivity index (χ2n) is 6.43. The van der Waals surface area contributed by atoms with Gasteiger partial charge in [0.1, 0.15) is 10.7 Å². The van der Waals surface area contributed by atoms with Crippen LogP contribution in [0.15, 0.2) is 58.2 Å². The molecule has 11 heteroatoms. The van der Waals surface area contributed by atoms with Gasteiger partial charge in [0, 0.05) is 42.8 Å². The number of hydrogen-bond donors (Lipinski definition) is 1. The zero-order valence-electron chi connectivity index (χ0n) is 15.6. The normalized spacial score (nSPS) is 15.1. The Bertz CT molecular complexity index is 1160. The molecule has 1 amide bonds. The number of anilines is 1. The predicted octanol–water partition coefficient (Wildman–Crippen LogP) is 2.15. The van der Waals surface area contributed by atoms with Crippen molar-refractivity contribution in [3.05, 3.63) is 60.3 Å². The van der Waals surface area contributed by atoms with E-state index in [0.29, 0.717) is 11.3 Å². The van der Waals surface area contributed by atoms with Crippen LogP contribution < -0.4 is 5.32 Å². The van der Waals surface area contributed by atoms with Crippen molar-refractivity contribution in [2.24, 2.45) is 0 Å². The number of pyridine rings is 1. The van der Waals surface area contributed by atoms with Crippen molar-refractivity contribution in [1.29, 1.82) is 0 Å². The first-order chi connectivity index (χ1) is 14.4. The molecule has 2 aromatic heterocycles. The van der Waals surface area contributed by atoms with Gasteiger partial charge in [-0.3, -0.25) is 9.78 Å². The number of halogens is 1. The van der Waals surface area contributed by atoms with Gasteiger partial charge in [-0.15, -0.1) is 0 Å².